The largest absolute Gasteiger partial charge is 0.379 e. The van der Waals surface area contributed by atoms with Crippen LogP contribution in [0.2, 0.25) is 5.15 Å². The lowest BCUT2D eigenvalue weighted by Gasteiger charge is -2.31. The summed E-state index contributed by atoms with van der Waals surface area (Å²) in [5, 5.41) is 0.500. The second kappa shape index (κ2) is 4.78. The van der Waals surface area contributed by atoms with Crippen molar-refractivity contribution < 1.29 is 4.74 Å². The molecule has 0 N–H and O–H groups in total. The van der Waals surface area contributed by atoms with E-state index in [0.29, 0.717) is 17.1 Å². The number of anilines is 1. The maximum absolute atomic E-state index is 6.15. The van der Waals surface area contributed by atoms with Crippen LogP contribution in [0.25, 0.3) is 0 Å². The monoisotopic (exact) mass is 253 g/mol. The molecular formula is C12H16ClN3O. The fourth-order valence-corrected chi connectivity index (χ4v) is 3.17. The van der Waals surface area contributed by atoms with Gasteiger partial charge in [-0.05, 0) is 12.8 Å². The van der Waals surface area contributed by atoms with Crippen LogP contribution in [-0.4, -0.2) is 35.8 Å². The van der Waals surface area contributed by atoms with E-state index in [9.17, 15) is 0 Å². The van der Waals surface area contributed by atoms with Crippen LogP contribution in [0.1, 0.15) is 19.3 Å². The van der Waals surface area contributed by atoms with E-state index in [2.05, 4.69) is 14.9 Å². The number of hydrogen-bond donors (Lipinski definition) is 0. The van der Waals surface area contributed by atoms with E-state index in [4.69, 9.17) is 16.3 Å². The Morgan fingerprint density at radius 3 is 3.06 bits per heavy atom. The van der Waals surface area contributed by atoms with E-state index in [1.165, 1.54) is 19.3 Å². The van der Waals surface area contributed by atoms with Gasteiger partial charge in [-0.25, -0.2) is 9.97 Å². The lowest BCUT2D eigenvalue weighted by atomic mass is 10.0. The molecule has 3 rings (SSSR count). The van der Waals surface area contributed by atoms with Crippen LogP contribution in [-0.2, 0) is 4.74 Å². The van der Waals surface area contributed by atoms with Crippen LogP contribution in [0.3, 0.4) is 0 Å². The molecule has 5 heteroatoms. The van der Waals surface area contributed by atoms with Crippen molar-refractivity contribution in [2.75, 3.05) is 24.7 Å². The van der Waals surface area contributed by atoms with E-state index in [0.717, 1.165) is 25.6 Å². The molecule has 1 aliphatic heterocycles. The van der Waals surface area contributed by atoms with Gasteiger partial charge in [-0.1, -0.05) is 18.0 Å². The zero-order valence-corrected chi connectivity index (χ0v) is 10.4. The van der Waals surface area contributed by atoms with Crippen LogP contribution in [0.15, 0.2) is 12.4 Å². The number of halogens is 1. The number of hydrogen-bond acceptors (Lipinski definition) is 4. The molecule has 1 saturated carbocycles. The predicted octanol–water partition coefficient (Wildman–Crippen LogP) is 2.14. The van der Waals surface area contributed by atoms with Gasteiger partial charge in [0.2, 0.25) is 0 Å². The van der Waals surface area contributed by atoms with Crippen molar-refractivity contribution in [3.8, 4) is 0 Å². The Bertz CT molecular complexity index is 401. The van der Waals surface area contributed by atoms with Crippen molar-refractivity contribution in [2.24, 2.45) is 5.92 Å². The quantitative estimate of drug-likeness (QED) is 0.769. The van der Waals surface area contributed by atoms with Gasteiger partial charge in [-0.15, -0.1) is 0 Å². The molecule has 1 saturated heterocycles. The molecule has 2 unspecified atom stereocenters. The summed E-state index contributed by atoms with van der Waals surface area (Å²) >= 11 is 6.15. The lowest BCUT2D eigenvalue weighted by Crippen LogP contribution is -2.39. The molecule has 0 aromatic carbocycles. The minimum Gasteiger partial charge on any atom is -0.379 e. The number of nitrogens with zero attached hydrogens (tertiary/aromatic N) is 3. The van der Waals surface area contributed by atoms with Crippen molar-refractivity contribution in [1.82, 2.24) is 9.97 Å². The molecular weight excluding hydrogens is 238 g/mol. The molecule has 17 heavy (non-hydrogen) atoms. The third-order valence-corrected chi connectivity index (χ3v) is 4.00. The molecule has 2 atom stereocenters. The van der Waals surface area contributed by atoms with Crippen molar-refractivity contribution >= 4 is 17.4 Å². The normalized spacial score (nSPS) is 28.9. The maximum atomic E-state index is 6.15. The van der Waals surface area contributed by atoms with Crippen LogP contribution >= 0.6 is 11.6 Å². The second-order valence-corrected chi connectivity index (χ2v) is 5.06. The summed E-state index contributed by atoms with van der Waals surface area (Å²) in [7, 11) is 0. The van der Waals surface area contributed by atoms with E-state index in [-0.39, 0.29) is 0 Å². The molecule has 4 nitrogen and oxygen atoms in total. The van der Waals surface area contributed by atoms with Gasteiger partial charge in [0.25, 0.3) is 0 Å². The maximum Gasteiger partial charge on any atom is 0.171 e. The first-order valence-electron chi connectivity index (χ1n) is 6.17. The van der Waals surface area contributed by atoms with Crippen molar-refractivity contribution in [3.05, 3.63) is 17.5 Å². The molecule has 1 aromatic heterocycles. The van der Waals surface area contributed by atoms with Gasteiger partial charge in [0.15, 0.2) is 11.0 Å². The number of ether oxygens (including phenoxy) is 1. The summed E-state index contributed by atoms with van der Waals surface area (Å²) < 4.78 is 5.67. The van der Waals surface area contributed by atoms with Gasteiger partial charge >= 0.3 is 0 Å². The molecule has 2 heterocycles. The first-order chi connectivity index (χ1) is 8.36. The Hall–Kier alpha value is -0.870. The van der Waals surface area contributed by atoms with Gasteiger partial charge < -0.3 is 9.64 Å². The summed E-state index contributed by atoms with van der Waals surface area (Å²) in [5.41, 5.74) is 0. The molecule has 92 valence electrons. The fourth-order valence-electron chi connectivity index (χ4n) is 2.95. The van der Waals surface area contributed by atoms with Gasteiger partial charge in [0.05, 0.1) is 13.2 Å². The average molecular weight is 254 g/mol. The van der Waals surface area contributed by atoms with Crippen LogP contribution in [0, 0.1) is 5.92 Å². The van der Waals surface area contributed by atoms with Gasteiger partial charge in [-0.3, -0.25) is 0 Å². The Labute approximate surface area is 106 Å². The Balaban J connectivity index is 1.92. The second-order valence-electron chi connectivity index (χ2n) is 4.70. The summed E-state index contributed by atoms with van der Waals surface area (Å²) in [5.74, 6) is 1.44. The Morgan fingerprint density at radius 2 is 2.18 bits per heavy atom. The lowest BCUT2D eigenvalue weighted by molar-refractivity contribution is 0.121. The van der Waals surface area contributed by atoms with Crippen LogP contribution < -0.4 is 4.90 Å². The number of aromatic nitrogens is 2. The first kappa shape index (κ1) is 11.2. The zero-order chi connectivity index (χ0) is 11.7. The third-order valence-electron chi connectivity index (χ3n) is 3.74. The molecule has 2 aliphatic rings. The summed E-state index contributed by atoms with van der Waals surface area (Å²) in [4.78, 5) is 10.8. The Morgan fingerprint density at radius 1 is 1.29 bits per heavy atom. The fraction of sp³-hybridized carbons (Fsp3) is 0.667. The highest BCUT2D eigenvalue weighted by Crippen LogP contribution is 2.35. The summed E-state index contributed by atoms with van der Waals surface area (Å²) in [6, 6.07) is 0.520. The summed E-state index contributed by atoms with van der Waals surface area (Å²) in [6.45, 7) is 2.48. The van der Waals surface area contributed by atoms with Crippen molar-refractivity contribution in [1.29, 1.82) is 0 Å². The first-order valence-corrected chi connectivity index (χ1v) is 6.55. The summed E-state index contributed by atoms with van der Waals surface area (Å²) in [6.07, 6.45) is 7.07. The molecule has 0 radical (unpaired) electrons. The average Bonchev–Trinajstić information content (AvgIpc) is 2.71. The van der Waals surface area contributed by atoms with Crippen molar-refractivity contribution in [2.45, 2.75) is 25.3 Å². The highest BCUT2D eigenvalue weighted by Gasteiger charge is 2.35. The molecule has 0 spiro atoms. The number of fused-ring (bicyclic) bond motifs is 1. The topological polar surface area (TPSA) is 38.2 Å². The minimum absolute atomic E-state index is 0.500. The highest BCUT2D eigenvalue weighted by molar-refractivity contribution is 6.31. The Kier molecular flexibility index (Phi) is 3.16. The third kappa shape index (κ3) is 2.11. The smallest absolute Gasteiger partial charge is 0.171 e. The molecule has 2 fully saturated rings. The van der Waals surface area contributed by atoms with Crippen molar-refractivity contribution in [3.63, 3.8) is 0 Å². The van der Waals surface area contributed by atoms with E-state index < -0.39 is 0 Å². The molecule has 1 aliphatic carbocycles. The molecule has 1 aromatic rings. The van der Waals surface area contributed by atoms with E-state index >= 15 is 0 Å². The van der Waals surface area contributed by atoms with Gasteiger partial charge in [0.1, 0.15) is 0 Å². The standard InChI is InChI=1S/C12H16ClN3O/c13-11-12(15-5-4-14-11)16-6-7-17-8-9-2-1-3-10(9)16/h4-5,9-10H,1-3,6-8H2. The minimum atomic E-state index is 0.500. The SMILES string of the molecule is Clc1nccnc1N1CCOCC2CCCC21. The van der Waals surface area contributed by atoms with E-state index in [1.54, 1.807) is 12.4 Å². The predicted molar refractivity (Wildman–Crippen MR) is 66.3 cm³/mol. The molecule has 0 bridgehead atoms. The van der Waals surface area contributed by atoms with Gasteiger partial charge in [-0.2, -0.15) is 0 Å². The highest BCUT2D eigenvalue weighted by atomic mass is 35.5. The van der Waals surface area contributed by atoms with Crippen LogP contribution in [0.5, 0.6) is 0 Å². The number of rotatable bonds is 1. The van der Waals surface area contributed by atoms with E-state index in [1.807, 2.05) is 0 Å². The molecule has 0 amide bonds. The zero-order valence-electron chi connectivity index (χ0n) is 9.68. The van der Waals surface area contributed by atoms with Gasteiger partial charge in [0, 0.05) is 30.9 Å². The van der Waals surface area contributed by atoms with Crippen LogP contribution in [0.4, 0.5) is 5.82 Å².